The first-order chi connectivity index (χ1) is 8.42. The second-order valence-electron chi connectivity index (χ2n) is 4.47. The van der Waals surface area contributed by atoms with Crippen LogP contribution in [-0.4, -0.2) is 41.8 Å². The van der Waals surface area contributed by atoms with Gasteiger partial charge < -0.3 is 9.64 Å². The van der Waals surface area contributed by atoms with Gasteiger partial charge in [0.05, 0.1) is 13.2 Å². The summed E-state index contributed by atoms with van der Waals surface area (Å²) in [7, 11) is 0. The van der Waals surface area contributed by atoms with Crippen molar-refractivity contribution in [2.45, 2.75) is 35.3 Å². The largest absolute Gasteiger partial charge is 0.378 e. The molecule has 0 unspecified atom stereocenters. The molecule has 4 nitrogen and oxygen atoms in total. The number of morpholine rings is 1. The van der Waals surface area contributed by atoms with E-state index in [1.165, 1.54) is 25.7 Å². The van der Waals surface area contributed by atoms with E-state index >= 15 is 0 Å². The van der Waals surface area contributed by atoms with Gasteiger partial charge >= 0.3 is 0 Å². The molecule has 1 aromatic rings. The Kier molecular flexibility index (Phi) is 3.83. The average Bonchev–Trinajstić information content (AvgIpc) is 3.02. The molecule has 0 radical (unpaired) electrons. The molecular weight excluding hydrogens is 254 g/mol. The van der Waals surface area contributed by atoms with Crippen LogP contribution in [0.5, 0.6) is 0 Å². The summed E-state index contributed by atoms with van der Waals surface area (Å²) < 4.78 is 6.48. The van der Waals surface area contributed by atoms with Gasteiger partial charge in [-0.1, -0.05) is 35.9 Å². The van der Waals surface area contributed by atoms with Crippen LogP contribution in [0.4, 0.5) is 5.13 Å². The van der Waals surface area contributed by atoms with Crippen LogP contribution in [0.15, 0.2) is 4.34 Å². The monoisotopic (exact) mass is 271 g/mol. The van der Waals surface area contributed by atoms with Crippen LogP contribution < -0.4 is 4.90 Å². The Morgan fingerprint density at radius 3 is 2.71 bits per heavy atom. The summed E-state index contributed by atoms with van der Waals surface area (Å²) >= 11 is 3.66. The van der Waals surface area contributed by atoms with Gasteiger partial charge in [-0.3, -0.25) is 0 Å². The van der Waals surface area contributed by atoms with Crippen molar-refractivity contribution >= 4 is 28.2 Å². The molecule has 0 aromatic carbocycles. The van der Waals surface area contributed by atoms with Gasteiger partial charge in [-0.15, -0.1) is 10.2 Å². The summed E-state index contributed by atoms with van der Waals surface area (Å²) in [6, 6.07) is 0. The zero-order chi connectivity index (χ0) is 11.5. The molecule has 0 amide bonds. The van der Waals surface area contributed by atoms with Crippen molar-refractivity contribution in [3.05, 3.63) is 0 Å². The Bertz CT molecular complexity index is 359. The summed E-state index contributed by atoms with van der Waals surface area (Å²) in [5.41, 5.74) is 0. The number of rotatable bonds is 3. The van der Waals surface area contributed by atoms with Crippen LogP contribution in [0, 0.1) is 0 Å². The third-order valence-corrected chi connectivity index (χ3v) is 5.65. The van der Waals surface area contributed by atoms with Gasteiger partial charge in [0.25, 0.3) is 0 Å². The molecule has 0 bridgehead atoms. The van der Waals surface area contributed by atoms with E-state index < -0.39 is 0 Å². The molecule has 17 heavy (non-hydrogen) atoms. The first-order valence-corrected chi connectivity index (χ1v) is 7.94. The van der Waals surface area contributed by atoms with Crippen molar-refractivity contribution in [3.63, 3.8) is 0 Å². The Labute approximate surface area is 110 Å². The van der Waals surface area contributed by atoms with Crippen molar-refractivity contribution in [2.75, 3.05) is 31.2 Å². The number of anilines is 1. The minimum Gasteiger partial charge on any atom is -0.378 e. The van der Waals surface area contributed by atoms with E-state index in [0.717, 1.165) is 41.0 Å². The lowest BCUT2D eigenvalue weighted by molar-refractivity contribution is 0.122. The number of hydrogen-bond acceptors (Lipinski definition) is 6. The van der Waals surface area contributed by atoms with Gasteiger partial charge in [0.15, 0.2) is 4.34 Å². The number of thioether (sulfide) groups is 1. The van der Waals surface area contributed by atoms with E-state index in [0.29, 0.717) is 0 Å². The second kappa shape index (κ2) is 5.54. The highest BCUT2D eigenvalue weighted by molar-refractivity contribution is 8.01. The van der Waals surface area contributed by atoms with E-state index in [2.05, 4.69) is 15.1 Å². The van der Waals surface area contributed by atoms with E-state index in [1.54, 1.807) is 11.3 Å². The standard InChI is InChI=1S/C11H17N3OS2/c1-2-4-9(3-1)16-11-13-12-10(17-11)14-5-7-15-8-6-14/h9H,1-8H2. The molecule has 0 spiro atoms. The third-order valence-electron chi connectivity index (χ3n) is 3.25. The highest BCUT2D eigenvalue weighted by atomic mass is 32.2. The number of hydrogen-bond donors (Lipinski definition) is 0. The minimum atomic E-state index is 0.778. The minimum absolute atomic E-state index is 0.778. The molecule has 1 aliphatic heterocycles. The summed E-state index contributed by atoms with van der Waals surface area (Å²) in [5.74, 6) is 0. The van der Waals surface area contributed by atoms with E-state index in [-0.39, 0.29) is 0 Å². The summed E-state index contributed by atoms with van der Waals surface area (Å²) in [6.45, 7) is 3.51. The van der Waals surface area contributed by atoms with Crippen LogP contribution in [0.3, 0.4) is 0 Å². The SMILES string of the molecule is C1CCC(Sc2nnc(N3CCOCC3)s2)C1. The topological polar surface area (TPSA) is 38.2 Å². The van der Waals surface area contributed by atoms with E-state index in [1.807, 2.05) is 11.8 Å². The van der Waals surface area contributed by atoms with Crippen molar-refractivity contribution in [2.24, 2.45) is 0 Å². The van der Waals surface area contributed by atoms with E-state index in [4.69, 9.17) is 4.74 Å². The maximum absolute atomic E-state index is 5.35. The molecule has 94 valence electrons. The molecule has 1 aromatic heterocycles. The van der Waals surface area contributed by atoms with Crippen LogP contribution in [0.25, 0.3) is 0 Å². The molecule has 2 aliphatic rings. The molecule has 2 heterocycles. The smallest absolute Gasteiger partial charge is 0.209 e. The second-order valence-corrected chi connectivity index (χ2v) is 6.98. The zero-order valence-corrected chi connectivity index (χ0v) is 11.4. The fraction of sp³-hybridized carbons (Fsp3) is 0.818. The van der Waals surface area contributed by atoms with Crippen LogP contribution in [0.1, 0.15) is 25.7 Å². The summed E-state index contributed by atoms with van der Waals surface area (Å²) in [4.78, 5) is 2.28. The third kappa shape index (κ3) is 2.92. The normalized spacial score (nSPS) is 22.2. The maximum Gasteiger partial charge on any atom is 0.209 e. The molecule has 2 fully saturated rings. The Morgan fingerprint density at radius 1 is 1.18 bits per heavy atom. The number of nitrogens with zero attached hydrogens (tertiary/aromatic N) is 3. The highest BCUT2D eigenvalue weighted by Gasteiger charge is 2.20. The Hall–Kier alpha value is -0.330. The predicted molar refractivity (Wildman–Crippen MR) is 71.1 cm³/mol. The zero-order valence-electron chi connectivity index (χ0n) is 9.80. The maximum atomic E-state index is 5.35. The van der Waals surface area contributed by atoms with Gasteiger partial charge in [-0.05, 0) is 12.8 Å². The fourth-order valence-corrected chi connectivity index (χ4v) is 4.68. The lowest BCUT2D eigenvalue weighted by atomic mass is 10.4. The summed E-state index contributed by atoms with van der Waals surface area (Å²) in [5, 5.41) is 10.4. The molecular formula is C11H17N3OS2. The molecule has 1 saturated heterocycles. The van der Waals surface area contributed by atoms with Crippen LogP contribution in [0.2, 0.25) is 0 Å². The quantitative estimate of drug-likeness (QED) is 0.844. The molecule has 0 N–H and O–H groups in total. The lowest BCUT2D eigenvalue weighted by Gasteiger charge is -2.25. The molecule has 1 saturated carbocycles. The van der Waals surface area contributed by atoms with Crippen molar-refractivity contribution in [1.29, 1.82) is 0 Å². The van der Waals surface area contributed by atoms with Crippen molar-refractivity contribution in [3.8, 4) is 0 Å². The summed E-state index contributed by atoms with van der Waals surface area (Å²) in [6.07, 6.45) is 5.45. The first kappa shape index (κ1) is 11.7. The van der Waals surface area contributed by atoms with Crippen molar-refractivity contribution in [1.82, 2.24) is 10.2 Å². The first-order valence-electron chi connectivity index (χ1n) is 6.25. The van der Waals surface area contributed by atoms with Crippen LogP contribution in [-0.2, 0) is 4.74 Å². The van der Waals surface area contributed by atoms with Gasteiger partial charge in [-0.2, -0.15) is 0 Å². The predicted octanol–water partition coefficient (Wildman–Crippen LogP) is 2.41. The van der Waals surface area contributed by atoms with Crippen LogP contribution >= 0.6 is 23.1 Å². The number of aromatic nitrogens is 2. The Morgan fingerprint density at radius 2 is 1.94 bits per heavy atom. The molecule has 3 rings (SSSR count). The molecule has 0 atom stereocenters. The molecule has 6 heteroatoms. The molecule has 1 aliphatic carbocycles. The van der Waals surface area contributed by atoms with Gasteiger partial charge in [0.2, 0.25) is 5.13 Å². The van der Waals surface area contributed by atoms with Crippen molar-refractivity contribution < 1.29 is 4.74 Å². The highest BCUT2D eigenvalue weighted by Crippen LogP contribution is 2.37. The van der Waals surface area contributed by atoms with E-state index in [9.17, 15) is 0 Å². The fourth-order valence-electron chi connectivity index (χ4n) is 2.28. The lowest BCUT2D eigenvalue weighted by Crippen LogP contribution is -2.36. The number of ether oxygens (including phenoxy) is 1. The van der Waals surface area contributed by atoms with Gasteiger partial charge in [0.1, 0.15) is 0 Å². The average molecular weight is 271 g/mol. The van der Waals surface area contributed by atoms with Gasteiger partial charge in [-0.25, -0.2) is 0 Å². The Balaban J connectivity index is 1.60. The van der Waals surface area contributed by atoms with Gasteiger partial charge in [0, 0.05) is 18.3 Å².